The Morgan fingerprint density at radius 1 is 1.41 bits per heavy atom. The van der Waals surface area contributed by atoms with Crippen LogP contribution in [0.3, 0.4) is 0 Å². The lowest BCUT2D eigenvalue weighted by Crippen LogP contribution is -2.42. The molecule has 0 aromatic carbocycles. The van der Waals surface area contributed by atoms with E-state index in [9.17, 15) is 4.79 Å². The molecule has 0 radical (unpaired) electrons. The Kier molecular flexibility index (Phi) is 4.56. The molecular weight excluding hydrogens is 212 g/mol. The van der Waals surface area contributed by atoms with Crippen LogP contribution in [0.1, 0.15) is 59.3 Å². The van der Waals surface area contributed by atoms with Crippen molar-refractivity contribution in [1.29, 1.82) is 5.26 Å². The first-order valence-corrected chi connectivity index (χ1v) is 6.71. The first-order valence-electron chi connectivity index (χ1n) is 6.71. The molecule has 1 rings (SSSR count). The highest BCUT2D eigenvalue weighted by atomic mass is 16.2. The van der Waals surface area contributed by atoms with Crippen LogP contribution in [0.15, 0.2) is 0 Å². The molecular formula is C14H24N2O. The minimum absolute atomic E-state index is 0.109. The van der Waals surface area contributed by atoms with Crippen molar-refractivity contribution >= 4 is 5.91 Å². The highest BCUT2D eigenvalue weighted by Crippen LogP contribution is 2.40. The molecule has 1 aliphatic carbocycles. The van der Waals surface area contributed by atoms with Gasteiger partial charge in [-0.2, -0.15) is 5.26 Å². The zero-order chi connectivity index (χ0) is 12.9. The molecule has 0 bridgehead atoms. The summed E-state index contributed by atoms with van der Waals surface area (Å²) in [7, 11) is 0. The quantitative estimate of drug-likeness (QED) is 0.797. The number of carbonyl (C=O) groups excluding carboxylic acids is 1. The minimum Gasteiger partial charge on any atom is -0.354 e. The number of nitrogens with zero attached hydrogens (tertiary/aromatic N) is 1. The van der Waals surface area contributed by atoms with Crippen molar-refractivity contribution in [2.24, 2.45) is 10.8 Å². The molecule has 1 unspecified atom stereocenters. The number of hydrogen-bond donors (Lipinski definition) is 1. The van der Waals surface area contributed by atoms with Crippen molar-refractivity contribution in [2.45, 2.75) is 59.3 Å². The Morgan fingerprint density at radius 2 is 2.00 bits per heavy atom. The average Bonchev–Trinajstić information content (AvgIpc) is 2.84. The summed E-state index contributed by atoms with van der Waals surface area (Å²) in [6.07, 6.45) is 6.63. The third-order valence-corrected chi connectivity index (χ3v) is 4.49. The molecule has 96 valence electrons. The van der Waals surface area contributed by atoms with Crippen molar-refractivity contribution in [3.05, 3.63) is 0 Å². The van der Waals surface area contributed by atoms with Crippen molar-refractivity contribution < 1.29 is 4.79 Å². The van der Waals surface area contributed by atoms with Crippen LogP contribution in [0.2, 0.25) is 0 Å². The molecule has 1 saturated carbocycles. The fraction of sp³-hybridized carbons (Fsp3) is 0.857. The second-order valence-corrected chi connectivity index (χ2v) is 5.54. The summed E-state index contributed by atoms with van der Waals surface area (Å²) in [5.74, 6) is -0.109. The number of amides is 1. The van der Waals surface area contributed by atoms with E-state index in [4.69, 9.17) is 5.26 Å². The maximum atomic E-state index is 12.0. The normalized spacial score (nSPS) is 21.5. The van der Waals surface area contributed by atoms with Crippen LogP contribution in [0.4, 0.5) is 0 Å². The van der Waals surface area contributed by atoms with Gasteiger partial charge in [0.2, 0.25) is 5.91 Å². The van der Waals surface area contributed by atoms with E-state index in [1.165, 1.54) is 25.7 Å². The molecule has 0 aromatic heterocycles. The Morgan fingerprint density at radius 3 is 2.41 bits per heavy atom. The van der Waals surface area contributed by atoms with Crippen LogP contribution in [0.25, 0.3) is 0 Å². The number of hydrogen-bond acceptors (Lipinski definition) is 2. The monoisotopic (exact) mass is 236 g/mol. The molecule has 3 nitrogen and oxygen atoms in total. The number of nitrogens with one attached hydrogen (secondary N) is 1. The standard InChI is InChI=1S/C14H24N2O/c1-4-13(3,10-15)12(17)16-11-14(5-2)8-6-7-9-14/h4-9,11H2,1-3H3,(H,16,17). The van der Waals surface area contributed by atoms with Gasteiger partial charge in [0.25, 0.3) is 0 Å². The fourth-order valence-corrected chi connectivity index (χ4v) is 2.53. The highest BCUT2D eigenvalue weighted by molar-refractivity contribution is 5.84. The summed E-state index contributed by atoms with van der Waals surface area (Å²) in [5, 5.41) is 12.1. The third kappa shape index (κ3) is 3.00. The summed E-state index contributed by atoms with van der Waals surface area (Å²) in [6.45, 7) is 6.53. The molecule has 1 amide bonds. The predicted octanol–water partition coefficient (Wildman–Crippen LogP) is 3.01. The second-order valence-electron chi connectivity index (χ2n) is 5.54. The van der Waals surface area contributed by atoms with Gasteiger partial charge in [-0.25, -0.2) is 0 Å². The van der Waals surface area contributed by atoms with Gasteiger partial charge in [-0.3, -0.25) is 4.79 Å². The molecule has 17 heavy (non-hydrogen) atoms. The SMILES string of the molecule is CCC1(CNC(=O)C(C)(C#N)CC)CCCC1. The first-order chi connectivity index (χ1) is 8.02. The van der Waals surface area contributed by atoms with E-state index in [-0.39, 0.29) is 5.91 Å². The van der Waals surface area contributed by atoms with Gasteiger partial charge in [0.15, 0.2) is 0 Å². The molecule has 1 atom stereocenters. The zero-order valence-electron chi connectivity index (χ0n) is 11.3. The van der Waals surface area contributed by atoms with Gasteiger partial charge in [0, 0.05) is 6.54 Å². The summed E-state index contributed by atoms with van der Waals surface area (Å²) >= 11 is 0. The van der Waals surface area contributed by atoms with E-state index in [1.54, 1.807) is 6.92 Å². The zero-order valence-corrected chi connectivity index (χ0v) is 11.3. The summed E-state index contributed by atoms with van der Waals surface area (Å²) in [4.78, 5) is 12.0. The van der Waals surface area contributed by atoms with Crippen LogP contribution >= 0.6 is 0 Å². The van der Waals surface area contributed by atoms with Gasteiger partial charge >= 0.3 is 0 Å². The van der Waals surface area contributed by atoms with E-state index < -0.39 is 5.41 Å². The smallest absolute Gasteiger partial charge is 0.240 e. The van der Waals surface area contributed by atoms with Crippen LogP contribution in [0, 0.1) is 22.2 Å². The van der Waals surface area contributed by atoms with Crippen molar-refractivity contribution in [2.75, 3.05) is 6.54 Å². The van der Waals surface area contributed by atoms with Crippen LogP contribution < -0.4 is 5.32 Å². The molecule has 0 spiro atoms. The molecule has 3 heteroatoms. The second kappa shape index (κ2) is 5.53. The van der Waals surface area contributed by atoms with Gasteiger partial charge in [0.1, 0.15) is 5.41 Å². The molecule has 1 fully saturated rings. The molecule has 0 aliphatic heterocycles. The predicted molar refractivity (Wildman–Crippen MR) is 68.2 cm³/mol. The number of rotatable bonds is 5. The van der Waals surface area contributed by atoms with E-state index >= 15 is 0 Å². The van der Waals surface area contributed by atoms with Crippen molar-refractivity contribution in [1.82, 2.24) is 5.32 Å². The van der Waals surface area contributed by atoms with Crippen LogP contribution in [0.5, 0.6) is 0 Å². The van der Waals surface area contributed by atoms with Crippen LogP contribution in [-0.4, -0.2) is 12.5 Å². The van der Waals surface area contributed by atoms with Gasteiger partial charge in [-0.1, -0.05) is 26.7 Å². The summed E-state index contributed by atoms with van der Waals surface area (Å²) in [5.41, 5.74) is -0.576. The Hall–Kier alpha value is -1.04. The maximum absolute atomic E-state index is 12.0. The molecule has 1 N–H and O–H groups in total. The van der Waals surface area contributed by atoms with E-state index in [0.29, 0.717) is 11.8 Å². The lowest BCUT2D eigenvalue weighted by molar-refractivity contribution is -0.128. The van der Waals surface area contributed by atoms with E-state index in [1.807, 2.05) is 6.92 Å². The molecule has 0 saturated heterocycles. The average molecular weight is 236 g/mol. The lowest BCUT2D eigenvalue weighted by atomic mass is 9.82. The molecule has 1 aliphatic rings. The third-order valence-electron chi connectivity index (χ3n) is 4.49. The molecule has 0 aromatic rings. The number of carbonyl (C=O) groups is 1. The van der Waals surface area contributed by atoms with Gasteiger partial charge in [-0.05, 0) is 38.0 Å². The summed E-state index contributed by atoms with van der Waals surface area (Å²) in [6, 6.07) is 2.12. The van der Waals surface area contributed by atoms with Gasteiger partial charge in [-0.15, -0.1) is 0 Å². The number of nitriles is 1. The van der Waals surface area contributed by atoms with E-state index in [2.05, 4.69) is 18.3 Å². The van der Waals surface area contributed by atoms with Gasteiger partial charge in [0.05, 0.1) is 6.07 Å². The highest BCUT2D eigenvalue weighted by Gasteiger charge is 2.36. The van der Waals surface area contributed by atoms with Crippen LogP contribution in [-0.2, 0) is 4.79 Å². The summed E-state index contributed by atoms with van der Waals surface area (Å²) < 4.78 is 0. The lowest BCUT2D eigenvalue weighted by Gasteiger charge is -2.29. The Bertz CT molecular complexity index is 313. The van der Waals surface area contributed by atoms with Crippen molar-refractivity contribution in [3.8, 4) is 6.07 Å². The fourth-order valence-electron chi connectivity index (χ4n) is 2.53. The van der Waals surface area contributed by atoms with Crippen molar-refractivity contribution in [3.63, 3.8) is 0 Å². The Balaban J connectivity index is 2.56. The Labute approximate surface area is 105 Å². The maximum Gasteiger partial charge on any atom is 0.240 e. The molecule has 0 heterocycles. The first kappa shape index (κ1) is 14.0. The van der Waals surface area contributed by atoms with Gasteiger partial charge < -0.3 is 5.32 Å². The van der Waals surface area contributed by atoms with E-state index in [0.717, 1.165) is 13.0 Å². The topological polar surface area (TPSA) is 52.9 Å². The largest absolute Gasteiger partial charge is 0.354 e. The minimum atomic E-state index is -0.868.